The molecule has 0 aromatic rings. The summed E-state index contributed by atoms with van der Waals surface area (Å²) in [6, 6.07) is 0.0834. The number of hydrogen-bond donors (Lipinski definition) is 2. The van der Waals surface area contributed by atoms with Crippen molar-refractivity contribution in [3.8, 4) is 0 Å². The second-order valence-electron chi connectivity index (χ2n) is 3.06. The highest BCUT2D eigenvalue weighted by Crippen LogP contribution is 2.05. The zero-order chi connectivity index (χ0) is 9.56. The molecule has 72 valence electrons. The van der Waals surface area contributed by atoms with Gasteiger partial charge in [-0.25, -0.2) is 0 Å². The fourth-order valence-electron chi connectivity index (χ4n) is 0.957. The van der Waals surface area contributed by atoms with Gasteiger partial charge in [0.2, 0.25) is 5.91 Å². The fourth-order valence-corrected chi connectivity index (χ4v) is 1.12. The molecule has 0 aromatic heterocycles. The molecule has 4 heteroatoms. The Balaban J connectivity index is 3.86. The maximum atomic E-state index is 11.0. The number of carbonyl (C=O) groups excluding carboxylic acids is 1. The highest BCUT2D eigenvalue weighted by Gasteiger charge is 2.14. The quantitative estimate of drug-likeness (QED) is 0.699. The average Bonchev–Trinajstić information content (AvgIpc) is 2.03. The van der Waals surface area contributed by atoms with Crippen LogP contribution < -0.4 is 5.32 Å². The van der Waals surface area contributed by atoms with E-state index in [4.69, 9.17) is 5.11 Å². The van der Waals surface area contributed by atoms with Crippen molar-refractivity contribution in [2.24, 2.45) is 5.92 Å². The molecule has 0 aliphatic heterocycles. The molecule has 1 amide bonds. The van der Waals surface area contributed by atoms with E-state index >= 15 is 0 Å². The van der Waals surface area contributed by atoms with E-state index in [0.29, 0.717) is 17.7 Å². The molecule has 0 heterocycles. The zero-order valence-electron chi connectivity index (χ0n) is 7.51. The molecule has 0 aliphatic carbocycles. The molecule has 0 aromatic carbocycles. The number of rotatable bonds is 5. The summed E-state index contributed by atoms with van der Waals surface area (Å²) in [7, 11) is 0. The first-order valence-electron chi connectivity index (χ1n) is 4.08. The first kappa shape index (κ1) is 11.9. The molecule has 0 spiro atoms. The molecular formula is C8H16BrNO2. The SMILES string of the molecule is CC(C)C(CCO)NC(=O)CBr. The molecule has 0 rings (SSSR count). The molecule has 0 radical (unpaired) electrons. The van der Waals surface area contributed by atoms with E-state index in [1.807, 2.05) is 13.8 Å². The Morgan fingerprint density at radius 2 is 2.17 bits per heavy atom. The summed E-state index contributed by atoms with van der Waals surface area (Å²) in [6.07, 6.45) is 0.621. The average molecular weight is 238 g/mol. The fraction of sp³-hybridized carbons (Fsp3) is 0.875. The van der Waals surface area contributed by atoms with Crippen molar-refractivity contribution in [3.63, 3.8) is 0 Å². The number of amides is 1. The predicted molar refractivity (Wildman–Crippen MR) is 52.3 cm³/mol. The van der Waals surface area contributed by atoms with Crippen LogP contribution in [0.3, 0.4) is 0 Å². The lowest BCUT2D eigenvalue weighted by molar-refractivity contribution is -0.119. The van der Waals surface area contributed by atoms with Gasteiger partial charge in [-0.3, -0.25) is 4.79 Å². The van der Waals surface area contributed by atoms with Crippen molar-refractivity contribution >= 4 is 21.8 Å². The van der Waals surface area contributed by atoms with E-state index in [9.17, 15) is 4.79 Å². The topological polar surface area (TPSA) is 49.3 Å². The van der Waals surface area contributed by atoms with Crippen molar-refractivity contribution in [1.29, 1.82) is 0 Å². The van der Waals surface area contributed by atoms with Crippen LogP contribution in [0.15, 0.2) is 0 Å². The van der Waals surface area contributed by atoms with Crippen LogP contribution in [-0.2, 0) is 4.79 Å². The standard InChI is InChI=1S/C8H16BrNO2/c1-6(2)7(3-4-11)10-8(12)5-9/h6-7,11H,3-5H2,1-2H3,(H,10,12). The maximum Gasteiger partial charge on any atom is 0.230 e. The van der Waals surface area contributed by atoms with E-state index < -0.39 is 0 Å². The van der Waals surface area contributed by atoms with Crippen LogP contribution in [0.5, 0.6) is 0 Å². The molecule has 0 aliphatic rings. The number of carbonyl (C=O) groups is 1. The molecule has 3 nitrogen and oxygen atoms in total. The van der Waals surface area contributed by atoms with Gasteiger partial charge < -0.3 is 10.4 Å². The van der Waals surface area contributed by atoms with E-state index in [-0.39, 0.29) is 18.6 Å². The molecular weight excluding hydrogens is 222 g/mol. The van der Waals surface area contributed by atoms with Gasteiger partial charge >= 0.3 is 0 Å². The summed E-state index contributed by atoms with van der Waals surface area (Å²) in [6.45, 7) is 4.16. The molecule has 0 saturated carbocycles. The van der Waals surface area contributed by atoms with E-state index in [2.05, 4.69) is 21.2 Å². The van der Waals surface area contributed by atoms with Crippen LogP contribution in [0, 0.1) is 5.92 Å². The lowest BCUT2D eigenvalue weighted by Gasteiger charge is -2.20. The predicted octanol–water partition coefficient (Wildman–Crippen LogP) is 0.905. The van der Waals surface area contributed by atoms with Gasteiger partial charge in [0.1, 0.15) is 0 Å². The van der Waals surface area contributed by atoms with Gasteiger partial charge in [0.25, 0.3) is 0 Å². The second-order valence-corrected chi connectivity index (χ2v) is 3.62. The minimum Gasteiger partial charge on any atom is -0.396 e. The van der Waals surface area contributed by atoms with Crippen LogP contribution in [-0.4, -0.2) is 29.0 Å². The number of halogens is 1. The Labute approximate surface area is 81.7 Å². The van der Waals surface area contributed by atoms with Crippen molar-refractivity contribution in [2.45, 2.75) is 26.3 Å². The Morgan fingerprint density at radius 1 is 1.58 bits per heavy atom. The number of nitrogens with one attached hydrogen (secondary N) is 1. The third-order valence-electron chi connectivity index (χ3n) is 1.71. The number of aliphatic hydroxyl groups excluding tert-OH is 1. The minimum atomic E-state index is -0.0258. The first-order chi connectivity index (χ1) is 5.61. The highest BCUT2D eigenvalue weighted by atomic mass is 79.9. The summed E-state index contributed by atoms with van der Waals surface area (Å²) in [5.74, 6) is 0.335. The van der Waals surface area contributed by atoms with E-state index in [0.717, 1.165) is 0 Å². The van der Waals surface area contributed by atoms with Gasteiger partial charge in [-0.1, -0.05) is 29.8 Å². The second kappa shape index (κ2) is 6.43. The van der Waals surface area contributed by atoms with Gasteiger partial charge in [-0.2, -0.15) is 0 Å². The monoisotopic (exact) mass is 237 g/mol. The Hall–Kier alpha value is -0.0900. The summed E-state index contributed by atoms with van der Waals surface area (Å²) in [5, 5.41) is 11.9. The smallest absolute Gasteiger partial charge is 0.230 e. The van der Waals surface area contributed by atoms with Gasteiger partial charge in [0, 0.05) is 12.6 Å². The molecule has 1 atom stereocenters. The van der Waals surface area contributed by atoms with Crippen molar-refractivity contribution in [1.82, 2.24) is 5.32 Å². The Bertz CT molecular complexity index is 139. The summed E-state index contributed by atoms with van der Waals surface area (Å²) in [5.41, 5.74) is 0. The number of hydrogen-bond acceptors (Lipinski definition) is 2. The minimum absolute atomic E-state index is 0.0258. The lowest BCUT2D eigenvalue weighted by Crippen LogP contribution is -2.39. The third kappa shape index (κ3) is 4.72. The number of aliphatic hydroxyl groups is 1. The Kier molecular flexibility index (Phi) is 6.38. The van der Waals surface area contributed by atoms with Crippen LogP contribution in [0.1, 0.15) is 20.3 Å². The zero-order valence-corrected chi connectivity index (χ0v) is 9.10. The molecule has 12 heavy (non-hydrogen) atoms. The Morgan fingerprint density at radius 3 is 2.50 bits per heavy atom. The van der Waals surface area contributed by atoms with Gasteiger partial charge in [0.05, 0.1) is 5.33 Å². The van der Waals surface area contributed by atoms with Crippen molar-refractivity contribution < 1.29 is 9.90 Å². The third-order valence-corrected chi connectivity index (χ3v) is 2.22. The lowest BCUT2D eigenvalue weighted by atomic mass is 10.0. The maximum absolute atomic E-state index is 11.0. The highest BCUT2D eigenvalue weighted by molar-refractivity contribution is 9.09. The molecule has 0 bridgehead atoms. The van der Waals surface area contributed by atoms with E-state index in [1.54, 1.807) is 0 Å². The van der Waals surface area contributed by atoms with Crippen LogP contribution >= 0.6 is 15.9 Å². The molecule has 0 saturated heterocycles. The van der Waals surface area contributed by atoms with Crippen molar-refractivity contribution in [3.05, 3.63) is 0 Å². The molecule has 1 unspecified atom stereocenters. The number of alkyl halides is 1. The van der Waals surface area contributed by atoms with E-state index in [1.165, 1.54) is 0 Å². The van der Waals surface area contributed by atoms with Gasteiger partial charge in [-0.05, 0) is 12.3 Å². The summed E-state index contributed by atoms with van der Waals surface area (Å²) >= 11 is 3.07. The summed E-state index contributed by atoms with van der Waals surface area (Å²) in [4.78, 5) is 11.0. The van der Waals surface area contributed by atoms with Gasteiger partial charge in [-0.15, -0.1) is 0 Å². The first-order valence-corrected chi connectivity index (χ1v) is 5.20. The van der Waals surface area contributed by atoms with Crippen LogP contribution in [0.4, 0.5) is 0 Å². The van der Waals surface area contributed by atoms with Crippen molar-refractivity contribution in [2.75, 3.05) is 11.9 Å². The van der Waals surface area contributed by atoms with Crippen LogP contribution in [0.2, 0.25) is 0 Å². The molecule has 0 fully saturated rings. The molecule has 2 N–H and O–H groups in total. The summed E-state index contributed by atoms with van der Waals surface area (Å²) < 4.78 is 0. The normalized spacial score (nSPS) is 13.1. The van der Waals surface area contributed by atoms with Crippen LogP contribution in [0.25, 0.3) is 0 Å². The van der Waals surface area contributed by atoms with Gasteiger partial charge in [0.15, 0.2) is 0 Å². The largest absolute Gasteiger partial charge is 0.396 e.